The maximum absolute atomic E-state index is 12.5. The summed E-state index contributed by atoms with van der Waals surface area (Å²) >= 11 is 0. The summed E-state index contributed by atoms with van der Waals surface area (Å²) in [5, 5.41) is 8.97. The third-order valence-electron chi connectivity index (χ3n) is 4.54. The highest BCUT2D eigenvalue weighted by atomic mass is 32.2. The summed E-state index contributed by atoms with van der Waals surface area (Å²) in [5.74, 6) is 0.814. The molecule has 1 aromatic heterocycles. The monoisotopic (exact) mass is 340 g/mol. The molecule has 0 amide bonds. The van der Waals surface area contributed by atoms with Crippen molar-refractivity contribution in [1.82, 2.24) is 14.2 Å². The zero-order valence-electron chi connectivity index (χ0n) is 13.3. The predicted octanol–water partition coefficient (Wildman–Crippen LogP) is -0.0196. The molecule has 0 bridgehead atoms. The first-order chi connectivity index (χ1) is 11.1. The molecule has 8 heteroatoms. The molecule has 128 valence electrons. The quantitative estimate of drug-likeness (QED) is 0.812. The zero-order valence-corrected chi connectivity index (χ0v) is 14.1. The van der Waals surface area contributed by atoms with E-state index < -0.39 is 10.0 Å². The summed E-state index contributed by atoms with van der Waals surface area (Å²) in [7, 11) is -3.39. The van der Waals surface area contributed by atoms with Crippen LogP contribution in [0.5, 0.6) is 0 Å². The second-order valence-corrected chi connectivity index (χ2v) is 7.95. The van der Waals surface area contributed by atoms with E-state index in [2.05, 4.69) is 14.8 Å². The van der Waals surface area contributed by atoms with E-state index in [1.165, 1.54) is 10.5 Å². The van der Waals surface area contributed by atoms with E-state index in [1.807, 2.05) is 0 Å². The van der Waals surface area contributed by atoms with Gasteiger partial charge in [-0.05, 0) is 25.0 Å². The lowest BCUT2D eigenvalue weighted by atomic mass is 10.3. The molecule has 0 spiro atoms. The SMILES string of the molecule is O=S(=O)(c1ccc(N2CCN(CCO)CC2)nc1)N1CCCC1. The van der Waals surface area contributed by atoms with Crippen molar-refractivity contribution >= 4 is 15.8 Å². The van der Waals surface area contributed by atoms with Crippen molar-refractivity contribution in [1.29, 1.82) is 0 Å². The van der Waals surface area contributed by atoms with Crippen molar-refractivity contribution in [2.24, 2.45) is 0 Å². The Hall–Kier alpha value is -1.22. The van der Waals surface area contributed by atoms with Gasteiger partial charge in [-0.2, -0.15) is 4.31 Å². The molecule has 0 aliphatic carbocycles. The Morgan fingerprint density at radius 2 is 1.74 bits per heavy atom. The summed E-state index contributed by atoms with van der Waals surface area (Å²) in [6.45, 7) is 5.55. The summed E-state index contributed by atoms with van der Waals surface area (Å²) in [6.07, 6.45) is 3.34. The third-order valence-corrected chi connectivity index (χ3v) is 6.42. The molecule has 23 heavy (non-hydrogen) atoms. The van der Waals surface area contributed by atoms with Gasteiger partial charge in [0.05, 0.1) is 6.61 Å². The number of hydrogen-bond donors (Lipinski definition) is 1. The largest absolute Gasteiger partial charge is 0.395 e. The Balaban J connectivity index is 1.66. The maximum atomic E-state index is 12.5. The van der Waals surface area contributed by atoms with Crippen LogP contribution in [-0.4, -0.2) is 80.1 Å². The topological polar surface area (TPSA) is 77.0 Å². The van der Waals surface area contributed by atoms with Gasteiger partial charge in [0, 0.05) is 52.0 Å². The molecule has 1 aromatic rings. The number of aliphatic hydroxyl groups is 1. The highest BCUT2D eigenvalue weighted by molar-refractivity contribution is 7.89. The first-order valence-corrected chi connectivity index (χ1v) is 9.59. The van der Waals surface area contributed by atoms with Gasteiger partial charge in [0.1, 0.15) is 10.7 Å². The van der Waals surface area contributed by atoms with Crippen LogP contribution in [0.4, 0.5) is 5.82 Å². The molecule has 0 atom stereocenters. The number of anilines is 1. The van der Waals surface area contributed by atoms with Gasteiger partial charge in [-0.25, -0.2) is 13.4 Å². The van der Waals surface area contributed by atoms with E-state index in [4.69, 9.17) is 5.11 Å². The lowest BCUT2D eigenvalue weighted by Gasteiger charge is -2.35. The lowest BCUT2D eigenvalue weighted by Crippen LogP contribution is -2.47. The molecule has 0 aromatic carbocycles. The Kier molecular flexibility index (Phi) is 5.15. The van der Waals surface area contributed by atoms with Gasteiger partial charge in [-0.1, -0.05) is 0 Å². The molecule has 2 aliphatic heterocycles. The Bertz CT molecular complexity index is 606. The van der Waals surface area contributed by atoms with Crippen LogP contribution in [-0.2, 0) is 10.0 Å². The molecule has 7 nitrogen and oxygen atoms in total. The van der Waals surface area contributed by atoms with E-state index >= 15 is 0 Å². The van der Waals surface area contributed by atoms with Crippen LogP contribution in [0, 0.1) is 0 Å². The minimum absolute atomic E-state index is 0.182. The van der Waals surface area contributed by atoms with Crippen molar-refractivity contribution in [3.63, 3.8) is 0 Å². The predicted molar refractivity (Wildman–Crippen MR) is 88.0 cm³/mol. The molecule has 0 unspecified atom stereocenters. The van der Waals surface area contributed by atoms with Crippen LogP contribution in [0.2, 0.25) is 0 Å². The number of β-amino-alcohol motifs (C(OH)–C–C–N with tert-alkyl or cyclic N) is 1. The van der Waals surface area contributed by atoms with Gasteiger partial charge in [-0.3, -0.25) is 4.90 Å². The second-order valence-electron chi connectivity index (χ2n) is 6.02. The molecule has 2 aliphatic rings. The normalized spacial score (nSPS) is 21.0. The Morgan fingerprint density at radius 3 is 2.30 bits per heavy atom. The first-order valence-electron chi connectivity index (χ1n) is 8.15. The van der Waals surface area contributed by atoms with Crippen LogP contribution < -0.4 is 4.90 Å². The van der Waals surface area contributed by atoms with Gasteiger partial charge in [0.25, 0.3) is 0 Å². The number of hydrogen-bond acceptors (Lipinski definition) is 6. The average molecular weight is 340 g/mol. The van der Waals surface area contributed by atoms with Crippen molar-refractivity contribution in [3.05, 3.63) is 18.3 Å². The highest BCUT2D eigenvalue weighted by Gasteiger charge is 2.27. The Labute approximate surface area is 137 Å². The summed E-state index contributed by atoms with van der Waals surface area (Å²) in [5.41, 5.74) is 0. The van der Waals surface area contributed by atoms with E-state index in [1.54, 1.807) is 12.1 Å². The highest BCUT2D eigenvalue weighted by Crippen LogP contribution is 2.22. The minimum Gasteiger partial charge on any atom is -0.395 e. The lowest BCUT2D eigenvalue weighted by molar-refractivity contribution is 0.188. The maximum Gasteiger partial charge on any atom is 0.244 e. The van der Waals surface area contributed by atoms with Crippen LogP contribution >= 0.6 is 0 Å². The number of aliphatic hydroxyl groups excluding tert-OH is 1. The second kappa shape index (κ2) is 7.12. The van der Waals surface area contributed by atoms with Gasteiger partial charge in [-0.15, -0.1) is 0 Å². The van der Waals surface area contributed by atoms with Crippen LogP contribution in [0.15, 0.2) is 23.2 Å². The zero-order chi connectivity index (χ0) is 16.3. The van der Waals surface area contributed by atoms with Crippen LogP contribution in [0.3, 0.4) is 0 Å². The first kappa shape index (κ1) is 16.6. The molecule has 0 radical (unpaired) electrons. The molecule has 1 N–H and O–H groups in total. The van der Waals surface area contributed by atoms with Gasteiger partial charge in [0.15, 0.2) is 0 Å². The molecule has 3 rings (SSSR count). The van der Waals surface area contributed by atoms with Crippen molar-refractivity contribution in [2.75, 3.05) is 57.3 Å². The van der Waals surface area contributed by atoms with Gasteiger partial charge >= 0.3 is 0 Å². The third kappa shape index (κ3) is 3.65. The summed E-state index contributed by atoms with van der Waals surface area (Å²) in [4.78, 5) is 9.01. The van der Waals surface area contributed by atoms with E-state index in [0.29, 0.717) is 19.6 Å². The van der Waals surface area contributed by atoms with E-state index in [9.17, 15) is 8.42 Å². The van der Waals surface area contributed by atoms with Gasteiger partial charge in [0.2, 0.25) is 10.0 Å². The van der Waals surface area contributed by atoms with Crippen LogP contribution in [0.25, 0.3) is 0 Å². The summed E-state index contributed by atoms with van der Waals surface area (Å²) in [6, 6.07) is 3.46. The fraction of sp³-hybridized carbons (Fsp3) is 0.667. The van der Waals surface area contributed by atoms with Crippen LogP contribution in [0.1, 0.15) is 12.8 Å². The summed E-state index contributed by atoms with van der Waals surface area (Å²) < 4.78 is 26.5. The molecular formula is C15H24N4O3S. The van der Waals surface area contributed by atoms with E-state index in [-0.39, 0.29) is 11.5 Å². The van der Waals surface area contributed by atoms with Crippen molar-refractivity contribution < 1.29 is 13.5 Å². The van der Waals surface area contributed by atoms with E-state index in [0.717, 1.165) is 44.8 Å². The Morgan fingerprint density at radius 1 is 1.04 bits per heavy atom. The van der Waals surface area contributed by atoms with Gasteiger partial charge < -0.3 is 10.0 Å². The standard InChI is InChI=1S/C15H24N4O3S/c20-12-11-17-7-9-18(10-8-17)15-4-3-14(13-16-15)23(21,22)19-5-1-2-6-19/h3-4,13,20H,1-2,5-12H2. The molecule has 3 heterocycles. The number of sulfonamides is 1. The fourth-order valence-corrected chi connectivity index (χ4v) is 4.59. The fourth-order valence-electron chi connectivity index (χ4n) is 3.13. The molecular weight excluding hydrogens is 316 g/mol. The number of rotatable bonds is 5. The number of pyridine rings is 1. The van der Waals surface area contributed by atoms with Crippen molar-refractivity contribution in [3.8, 4) is 0 Å². The average Bonchev–Trinajstić information content (AvgIpc) is 3.11. The number of nitrogens with zero attached hydrogens (tertiary/aromatic N) is 4. The number of piperazine rings is 1. The molecule has 2 saturated heterocycles. The minimum atomic E-state index is -3.39. The number of aromatic nitrogens is 1. The molecule has 2 fully saturated rings. The molecule has 0 saturated carbocycles. The van der Waals surface area contributed by atoms with Crippen molar-refractivity contribution in [2.45, 2.75) is 17.7 Å². The smallest absolute Gasteiger partial charge is 0.244 e.